The van der Waals surface area contributed by atoms with E-state index in [9.17, 15) is 30.3 Å². The fourth-order valence-electron chi connectivity index (χ4n) is 6.56. The molecule has 0 aromatic rings. The fraction of sp³-hybridized carbons (Fsp3) is 0.881. The second kappa shape index (κ2) is 33.3. The Bertz CT molecular complexity index is 853. The van der Waals surface area contributed by atoms with Gasteiger partial charge in [0.15, 0.2) is 6.29 Å². The Morgan fingerprint density at radius 3 is 1.59 bits per heavy atom. The number of unbranched alkanes of at least 4 members (excludes halogenated alkanes) is 22. The van der Waals surface area contributed by atoms with Gasteiger partial charge in [0.05, 0.1) is 25.4 Å². The van der Waals surface area contributed by atoms with Gasteiger partial charge in [-0.15, -0.1) is 0 Å². The maximum atomic E-state index is 12.9. The number of hydrogen-bond donors (Lipinski definition) is 6. The zero-order valence-electron chi connectivity index (χ0n) is 32.6. The van der Waals surface area contributed by atoms with E-state index >= 15 is 0 Å². The molecule has 9 nitrogen and oxygen atoms in total. The SMILES string of the molecule is CCCCCCCC/C=C/CCCCCCCCCC(=O)N[C@@H](CO[C@H]1O[C@@H](CO)[C@H](O)C(O)C1O)[C@H](O)/C=C/CCCCCCCCCCC. The Morgan fingerprint density at radius 1 is 0.647 bits per heavy atom. The molecule has 300 valence electrons. The lowest BCUT2D eigenvalue weighted by Crippen LogP contribution is -2.60. The summed E-state index contributed by atoms with van der Waals surface area (Å²) in [6.45, 7) is 3.74. The second-order valence-corrected chi connectivity index (χ2v) is 14.8. The number of allylic oxidation sites excluding steroid dienone is 3. The molecule has 1 aliphatic heterocycles. The van der Waals surface area contributed by atoms with Gasteiger partial charge in [-0.25, -0.2) is 0 Å². The van der Waals surface area contributed by atoms with Gasteiger partial charge in [-0.1, -0.05) is 154 Å². The summed E-state index contributed by atoms with van der Waals surface area (Å²) in [5, 5.41) is 54.0. The van der Waals surface area contributed by atoms with E-state index in [1.807, 2.05) is 6.08 Å². The first-order valence-electron chi connectivity index (χ1n) is 21.1. The number of carbonyl (C=O) groups excluding carboxylic acids is 1. The molecule has 0 radical (unpaired) electrons. The lowest BCUT2D eigenvalue weighted by Gasteiger charge is -2.40. The molecule has 1 heterocycles. The Kier molecular flexibility index (Phi) is 31.1. The summed E-state index contributed by atoms with van der Waals surface area (Å²) < 4.78 is 11.2. The molecular weight excluding hydrogens is 646 g/mol. The van der Waals surface area contributed by atoms with Crippen LogP contribution in [0.3, 0.4) is 0 Å². The van der Waals surface area contributed by atoms with Crippen LogP contribution in [0.2, 0.25) is 0 Å². The third kappa shape index (κ3) is 24.6. The smallest absolute Gasteiger partial charge is 0.220 e. The van der Waals surface area contributed by atoms with Crippen molar-refractivity contribution in [2.45, 2.75) is 224 Å². The van der Waals surface area contributed by atoms with Gasteiger partial charge < -0.3 is 40.3 Å². The summed E-state index contributed by atoms with van der Waals surface area (Å²) in [4.78, 5) is 12.9. The minimum absolute atomic E-state index is 0.184. The van der Waals surface area contributed by atoms with Gasteiger partial charge in [0.1, 0.15) is 24.4 Å². The maximum Gasteiger partial charge on any atom is 0.220 e. The molecular formula is C42H79NO8. The summed E-state index contributed by atoms with van der Waals surface area (Å²) in [5.74, 6) is -0.184. The van der Waals surface area contributed by atoms with Crippen molar-refractivity contribution in [1.29, 1.82) is 0 Å². The molecule has 2 unspecified atom stereocenters. The Morgan fingerprint density at radius 2 is 1.10 bits per heavy atom. The molecule has 51 heavy (non-hydrogen) atoms. The van der Waals surface area contributed by atoms with Crippen molar-refractivity contribution in [3.8, 4) is 0 Å². The number of nitrogens with one attached hydrogen (secondary N) is 1. The van der Waals surface area contributed by atoms with E-state index in [2.05, 4.69) is 31.3 Å². The van der Waals surface area contributed by atoms with E-state index < -0.39 is 49.5 Å². The van der Waals surface area contributed by atoms with Crippen molar-refractivity contribution in [3.63, 3.8) is 0 Å². The summed E-state index contributed by atoms with van der Waals surface area (Å²) in [6, 6.07) is -0.802. The number of rotatable bonds is 34. The molecule has 0 aliphatic carbocycles. The highest BCUT2D eigenvalue weighted by Gasteiger charge is 2.44. The van der Waals surface area contributed by atoms with E-state index in [1.54, 1.807) is 6.08 Å². The first-order chi connectivity index (χ1) is 24.8. The molecule has 9 heteroatoms. The van der Waals surface area contributed by atoms with Crippen LogP contribution in [-0.4, -0.2) is 87.5 Å². The Balaban J connectivity index is 2.38. The standard InChI is InChI=1S/C42H79NO8/c1-3-5-7-9-11-13-15-16-17-18-19-20-22-24-26-28-30-32-38(46)43-35(34-50-42-41(49)40(48)39(47)37(33-44)51-42)36(45)31-29-27-25-23-21-14-12-10-8-6-4-2/h16-17,29,31,35-37,39-42,44-45,47-49H,3-15,18-28,30,32-34H2,1-2H3,(H,43,46)/b17-16+,31-29+/t35-,36+,37-,39-,40?,41?,42-/m0/s1. The van der Waals surface area contributed by atoms with Crippen LogP contribution in [0.25, 0.3) is 0 Å². The molecule has 6 N–H and O–H groups in total. The molecule has 7 atom stereocenters. The molecule has 1 fully saturated rings. The topological polar surface area (TPSA) is 149 Å². The van der Waals surface area contributed by atoms with E-state index in [0.717, 1.165) is 44.9 Å². The quantitative estimate of drug-likeness (QED) is 0.0289. The Hall–Kier alpha value is -1.33. The number of ether oxygens (including phenoxy) is 2. The van der Waals surface area contributed by atoms with Crippen LogP contribution in [-0.2, 0) is 14.3 Å². The summed E-state index contributed by atoms with van der Waals surface area (Å²) in [6.07, 6.45) is 30.7. The van der Waals surface area contributed by atoms with E-state index in [-0.39, 0.29) is 12.5 Å². The van der Waals surface area contributed by atoms with Crippen LogP contribution >= 0.6 is 0 Å². The van der Waals surface area contributed by atoms with Crippen LogP contribution in [0.5, 0.6) is 0 Å². The zero-order chi connectivity index (χ0) is 37.4. The molecule has 0 aromatic carbocycles. The average molecular weight is 726 g/mol. The first kappa shape index (κ1) is 47.7. The predicted octanol–water partition coefficient (Wildman–Crippen LogP) is 7.94. The molecule has 1 saturated heterocycles. The predicted molar refractivity (Wildman–Crippen MR) is 207 cm³/mol. The van der Waals surface area contributed by atoms with Crippen molar-refractivity contribution in [1.82, 2.24) is 5.32 Å². The van der Waals surface area contributed by atoms with E-state index in [0.29, 0.717) is 6.42 Å². The molecule has 0 aromatic heterocycles. The third-order valence-corrected chi connectivity index (χ3v) is 10.0. The number of aliphatic hydroxyl groups is 5. The van der Waals surface area contributed by atoms with Crippen molar-refractivity contribution < 1.29 is 39.8 Å². The van der Waals surface area contributed by atoms with Crippen LogP contribution in [0.1, 0.15) is 181 Å². The third-order valence-electron chi connectivity index (χ3n) is 10.0. The molecule has 0 saturated carbocycles. The van der Waals surface area contributed by atoms with Gasteiger partial charge in [0, 0.05) is 6.42 Å². The largest absolute Gasteiger partial charge is 0.394 e. The van der Waals surface area contributed by atoms with Gasteiger partial charge >= 0.3 is 0 Å². The van der Waals surface area contributed by atoms with Gasteiger partial charge in [0.2, 0.25) is 5.91 Å². The first-order valence-corrected chi connectivity index (χ1v) is 21.1. The highest BCUT2D eigenvalue weighted by Crippen LogP contribution is 2.22. The summed E-state index contributed by atoms with van der Waals surface area (Å²) >= 11 is 0. The molecule has 0 spiro atoms. The van der Waals surface area contributed by atoms with Gasteiger partial charge in [-0.2, -0.15) is 0 Å². The molecule has 1 amide bonds. The average Bonchev–Trinajstić information content (AvgIpc) is 3.13. The summed E-state index contributed by atoms with van der Waals surface area (Å²) in [5.41, 5.74) is 0. The maximum absolute atomic E-state index is 12.9. The van der Waals surface area contributed by atoms with Crippen LogP contribution in [0, 0.1) is 0 Å². The zero-order valence-corrected chi connectivity index (χ0v) is 32.6. The second-order valence-electron chi connectivity index (χ2n) is 14.8. The highest BCUT2D eigenvalue weighted by atomic mass is 16.7. The monoisotopic (exact) mass is 726 g/mol. The van der Waals surface area contributed by atoms with Crippen LogP contribution < -0.4 is 5.32 Å². The van der Waals surface area contributed by atoms with Gasteiger partial charge in [-0.05, 0) is 44.9 Å². The normalized spacial score (nSPS) is 22.2. The molecule has 0 bridgehead atoms. The van der Waals surface area contributed by atoms with Crippen molar-refractivity contribution in [2.24, 2.45) is 0 Å². The van der Waals surface area contributed by atoms with Gasteiger partial charge in [-0.3, -0.25) is 4.79 Å². The summed E-state index contributed by atoms with van der Waals surface area (Å²) in [7, 11) is 0. The van der Waals surface area contributed by atoms with Gasteiger partial charge in [0.25, 0.3) is 0 Å². The van der Waals surface area contributed by atoms with Crippen molar-refractivity contribution in [2.75, 3.05) is 13.2 Å². The van der Waals surface area contributed by atoms with Crippen molar-refractivity contribution >= 4 is 5.91 Å². The van der Waals surface area contributed by atoms with Crippen LogP contribution in [0.4, 0.5) is 0 Å². The number of aliphatic hydroxyl groups excluding tert-OH is 5. The number of amides is 1. The minimum atomic E-state index is -1.56. The van der Waals surface area contributed by atoms with E-state index in [1.165, 1.54) is 116 Å². The lowest BCUT2D eigenvalue weighted by molar-refractivity contribution is -0.302. The van der Waals surface area contributed by atoms with Crippen molar-refractivity contribution in [3.05, 3.63) is 24.3 Å². The van der Waals surface area contributed by atoms with E-state index in [4.69, 9.17) is 9.47 Å². The lowest BCUT2D eigenvalue weighted by atomic mass is 9.99. The number of carbonyl (C=O) groups is 1. The minimum Gasteiger partial charge on any atom is -0.394 e. The van der Waals surface area contributed by atoms with Crippen LogP contribution in [0.15, 0.2) is 24.3 Å². The molecule has 1 aliphatic rings. The highest BCUT2D eigenvalue weighted by molar-refractivity contribution is 5.76. The number of hydrogen-bond acceptors (Lipinski definition) is 8. The molecule has 1 rings (SSSR count). The Labute approximate surface area is 311 Å². The fourth-order valence-corrected chi connectivity index (χ4v) is 6.56.